The molecule has 0 aliphatic carbocycles. The van der Waals surface area contributed by atoms with Crippen molar-refractivity contribution in [2.75, 3.05) is 0 Å². The molecule has 0 saturated heterocycles. The average Bonchev–Trinajstić information content (AvgIpc) is 2.03. The molecule has 0 aromatic carbocycles. The first-order valence-corrected chi connectivity index (χ1v) is 4.09. The number of unbranched alkanes of at least 4 members (excludes halogenated alkanes) is 1. The molecule has 0 aromatic rings. The van der Waals surface area contributed by atoms with Gasteiger partial charge >= 0.3 is 5.97 Å². The summed E-state index contributed by atoms with van der Waals surface area (Å²) in [5, 5.41) is 8.21. The van der Waals surface area contributed by atoms with Crippen molar-refractivity contribution in [3.63, 3.8) is 0 Å². The van der Waals surface area contributed by atoms with Gasteiger partial charge in [0.1, 0.15) is 0 Å². The molecular weight excluding hydrogens is 156 g/mol. The van der Waals surface area contributed by atoms with Crippen molar-refractivity contribution in [1.29, 1.82) is 0 Å². The second-order valence-electron chi connectivity index (χ2n) is 2.53. The number of ketones is 1. The molecule has 0 aliphatic rings. The third-order valence-corrected chi connectivity index (χ3v) is 1.40. The third kappa shape index (κ3) is 5.65. The highest BCUT2D eigenvalue weighted by atomic mass is 16.4. The summed E-state index contributed by atoms with van der Waals surface area (Å²) in [5.74, 6) is -2.05. The van der Waals surface area contributed by atoms with E-state index in [4.69, 9.17) is 5.11 Å². The van der Waals surface area contributed by atoms with E-state index in [2.05, 4.69) is 6.92 Å². The smallest absolute Gasteiger partial charge is 0.372 e. The SMILES string of the molecule is CCC/C=C\CCC(=O)C(=O)O. The first-order valence-electron chi connectivity index (χ1n) is 4.09. The number of carboxylic acids is 1. The molecule has 0 fully saturated rings. The highest BCUT2D eigenvalue weighted by Crippen LogP contribution is 1.95. The van der Waals surface area contributed by atoms with Crippen LogP contribution in [0.3, 0.4) is 0 Å². The number of rotatable bonds is 6. The van der Waals surface area contributed by atoms with Gasteiger partial charge in [-0.1, -0.05) is 25.5 Å². The molecule has 0 unspecified atom stereocenters. The number of carboxylic acid groups (broad SMARTS) is 1. The number of hydrogen-bond donors (Lipinski definition) is 1. The number of hydrogen-bond acceptors (Lipinski definition) is 2. The van der Waals surface area contributed by atoms with Crippen LogP contribution in [-0.4, -0.2) is 16.9 Å². The van der Waals surface area contributed by atoms with Crippen molar-refractivity contribution in [2.45, 2.75) is 32.6 Å². The molecule has 1 N–H and O–H groups in total. The maximum Gasteiger partial charge on any atom is 0.372 e. The molecule has 68 valence electrons. The molecule has 0 saturated carbocycles. The van der Waals surface area contributed by atoms with E-state index in [-0.39, 0.29) is 6.42 Å². The van der Waals surface area contributed by atoms with Crippen molar-refractivity contribution in [3.05, 3.63) is 12.2 Å². The normalized spacial score (nSPS) is 10.4. The Bertz CT molecular complexity index is 182. The number of Topliss-reactive ketones (excluding diaryl/α,β-unsaturated/α-hetero) is 1. The van der Waals surface area contributed by atoms with Gasteiger partial charge in [0.05, 0.1) is 0 Å². The molecule has 3 nitrogen and oxygen atoms in total. The summed E-state index contributed by atoms with van der Waals surface area (Å²) in [7, 11) is 0. The standard InChI is InChI=1S/C9H14O3/c1-2-3-4-5-6-7-8(10)9(11)12/h4-5H,2-3,6-7H2,1H3,(H,11,12)/b5-4-. The molecule has 0 aliphatic heterocycles. The van der Waals surface area contributed by atoms with Gasteiger partial charge in [0.15, 0.2) is 0 Å². The molecule has 0 radical (unpaired) electrons. The summed E-state index contributed by atoms with van der Waals surface area (Å²) < 4.78 is 0. The van der Waals surface area contributed by atoms with Crippen molar-refractivity contribution >= 4 is 11.8 Å². The van der Waals surface area contributed by atoms with Crippen LogP contribution in [0.2, 0.25) is 0 Å². The molecule has 0 aromatic heterocycles. The van der Waals surface area contributed by atoms with Crippen molar-refractivity contribution in [3.8, 4) is 0 Å². The minimum Gasteiger partial charge on any atom is -0.476 e. The fourth-order valence-electron chi connectivity index (χ4n) is 0.724. The van der Waals surface area contributed by atoms with Gasteiger partial charge in [-0.05, 0) is 12.8 Å². The lowest BCUT2D eigenvalue weighted by Gasteiger charge is -1.89. The Morgan fingerprint density at radius 3 is 2.33 bits per heavy atom. The average molecular weight is 170 g/mol. The molecule has 3 heteroatoms. The van der Waals surface area contributed by atoms with Gasteiger partial charge in [-0.15, -0.1) is 0 Å². The van der Waals surface area contributed by atoms with E-state index in [1.54, 1.807) is 0 Å². The zero-order valence-corrected chi connectivity index (χ0v) is 7.25. The van der Waals surface area contributed by atoms with Crippen LogP contribution in [0.1, 0.15) is 32.6 Å². The van der Waals surface area contributed by atoms with E-state index in [1.165, 1.54) is 0 Å². The number of carbonyl (C=O) groups excluding carboxylic acids is 1. The Kier molecular flexibility index (Phi) is 5.97. The number of aliphatic carboxylic acids is 1. The zero-order valence-electron chi connectivity index (χ0n) is 7.25. The van der Waals surface area contributed by atoms with Crippen LogP contribution in [0, 0.1) is 0 Å². The van der Waals surface area contributed by atoms with E-state index >= 15 is 0 Å². The van der Waals surface area contributed by atoms with Crippen LogP contribution in [-0.2, 0) is 9.59 Å². The van der Waals surface area contributed by atoms with Gasteiger partial charge in [0, 0.05) is 6.42 Å². The predicted octanol–water partition coefficient (Wildman–Crippen LogP) is 1.78. The Morgan fingerprint density at radius 1 is 1.25 bits per heavy atom. The summed E-state index contributed by atoms with van der Waals surface area (Å²) in [5.41, 5.74) is 0. The van der Waals surface area contributed by atoms with Gasteiger partial charge in [0.25, 0.3) is 0 Å². The van der Waals surface area contributed by atoms with Gasteiger partial charge in [0.2, 0.25) is 5.78 Å². The van der Waals surface area contributed by atoms with Gasteiger partial charge in [-0.3, -0.25) is 4.79 Å². The minimum atomic E-state index is -1.33. The molecule has 0 heterocycles. The van der Waals surface area contributed by atoms with Crippen LogP contribution in [0.4, 0.5) is 0 Å². The lowest BCUT2D eigenvalue weighted by Crippen LogP contribution is -2.11. The minimum absolute atomic E-state index is 0.107. The molecule has 0 amide bonds. The zero-order chi connectivity index (χ0) is 9.40. The van der Waals surface area contributed by atoms with E-state index in [1.807, 2.05) is 12.2 Å². The monoisotopic (exact) mass is 170 g/mol. The van der Waals surface area contributed by atoms with E-state index in [9.17, 15) is 9.59 Å². The van der Waals surface area contributed by atoms with Crippen LogP contribution in [0.5, 0.6) is 0 Å². The molecule has 0 bridgehead atoms. The van der Waals surface area contributed by atoms with Gasteiger partial charge in [-0.25, -0.2) is 4.79 Å². The number of carbonyl (C=O) groups is 2. The highest BCUT2D eigenvalue weighted by Gasteiger charge is 2.08. The Labute approximate surface area is 72.1 Å². The molecule has 0 rings (SSSR count). The second-order valence-corrected chi connectivity index (χ2v) is 2.53. The summed E-state index contributed by atoms with van der Waals surface area (Å²) in [6.45, 7) is 2.06. The third-order valence-electron chi connectivity index (χ3n) is 1.40. The van der Waals surface area contributed by atoms with Crippen LogP contribution in [0.25, 0.3) is 0 Å². The molecule has 12 heavy (non-hydrogen) atoms. The highest BCUT2D eigenvalue weighted by molar-refractivity contribution is 6.32. The maximum absolute atomic E-state index is 10.5. The number of allylic oxidation sites excluding steroid dienone is 2. The Morgan fingerprint density at radius 2 is 1.83 bits per heavy atom. The van der Waals surface area contributed by atoms with E-state index in [0.717, 1.165) is 12.8 Å². The van der Waals surface area contributed by atoms with Crippen LogP contribution < -0.4 is 0 Å². The lowest BCUT2D eigenvalue weighted by atomic mass is 10.2. The van der Waals surface area contributed by atoms with Crippen molar-refractivity contribution < 1.29 is 14.7 Å². The second kappa shape index (κ2) is 6.58. The topological polar surface area (TPSA) is 54.4 Å². The summed E-state index contributed by atoms with van der Waals surface area (Å²) in [4.78, 5) is 20.6. The maximum atomic E-state index is 10.5. The quantitative estimate of drug-likeness (QED) is 0.488. The fourth-order valence-corrected chi connectivity index (χ4v) is 0.724. The molecule has 0 atom stereocenters. The van der Waals surface area contributed by atoms with E-state index in [0.29, 0.717) is 6.42 Å². The molecule has 0 spiro atoms. The largest absolute Gasteiger partial charge is 0.476 e. The first kappa shape index (κ1) is 10.9. The van der Waals surface area contributed by atoms with E-state index < -0.39 is 11.8 Å². The Balaban J connectivity index is 3.43. The van der Waals surface area contributed by atoms with Crippen molar-refractivity contribution in [2.24, 2.45) is 0 Å². The predicted molar refractivity (Wildman–Crippen MR) is 45.9 cm³/mol. The summed E-state index contributed by atoms with van der Waals surface area (Å²) in [6.07, 6.45) is 6.52. The summed E-state index contributed by atoms with van der Waals surface area (Å²) in [6, 6.07) is 0. The van der Waals surface area contributed by atoms with Gasteiger partial charge < -0.3 is 5.11 Å². The lowest BCUT2D eigenvalue weighted by molar-refractivity contribution is -0.149. The fraction of sp³-hybridized carbons (Fsp3) is 0.556. The van der Waals surface area contributed by atoms with Crippen molar-refractivity contribution in [1.82, 2.24) is 0 Å². The molecular formula is C9H14O3. The van der Waals surface area contributed by atoms with Crippen LogP contribution >= 0.6 is 0 Å². The Hall–Kier alpha value is -1.12. The first-order chi connectivity index (χ1) is 5.68. The summed E-state index contributed by atoms with van der Waals surface area (Å²) >= 11 is 0. The van der Waals surface area contributed by atoms with Gasteiger partial charge in [-0.2, -0.15) is 0 Å². The van der Waals surface area contributed by atoms with Crippen LogP contribution in [0.15, 0.2) is 12.2 Å².